The van der Waals surface area contributed by atoms with Crippen molar-refractivity contribution in [3.8, 4) is 0 Å². The Hall–Kier alpha value is -2.29. The van der Waals surface area contributed by atoms with Crippen LogP contribution >= 0.6 is 27.5 Å². The average molecular weight is 537 g/mol. The minimum Gasteiger partial charge on any atom is -0.351 e. The van der Waals surface area contributed by atoms with Gasteiger partial charge in [0, 0.05) is 11.5 Å². The number of aromatic nitrogens is 2. The Balaban J connectivity index is 1.90. The van der Waals surface area contributed by atoms with Crippen LogP contribution in [-0.4, -0.2) is 37.1 Å². The average Bonchev–Trinajstić information content (AvgIpc) is 3.05. The number of hydrogen-bond acceptors (Lipinski definition) is 7. The summed E-state index contributed by atoms with van der Waals surface area (Å²) < 4.78 is 43.3. The smallest absolute Gasteiger partial charge is 0.333 e. The lowest BCUT2D eigenvalue weighted by molar-refractivity contribution is 0.0209. The number of hydrogen-bond donors (Lipinski definition) is 3. The van der Waals surface area contributed by atoms with Gasteiger partial charge in [-0.3, -0.25) is 13.8 Å². The van der Waals surface area contributed by atoms with Crippen molar-refractivity contribution in [1.82, 2.24) is 15.0 Å². The second-order valence-electron chi connectivity index (χ2n) is 6.18. The molecule has 0 atom stereocenters. The van der Waals surface area contributed by atoms with E-state index in [0.29, 0.717) is 11.2 Å². The summed E-state index contributed by atoms with van der Waals surface area (Å²) in [6, 6.07) is 6.34. The van der Waals surface area contributed by atoms with E-state index in [9.17, 15) is 13.2 Å². The minimum atomic E-state index is -4.13. The topological polar surface area (TPSA) is 138 Å². The van der Waals surface area contributed by atoms with Crippen molar-refractivity contribution in [3.05, 3.63) is 51.5 Å². The molecule has 0 saturated heterocycles. The van der Waals surface area contributed by atoms with Crippen LogP contribution in [-0.2, 0) is 26.4 Å². The first-order chi connectivity index (χ1) is 14.6. The van der Waals surface area contributed by atoms with Crippen LogP contribution in [0.3, 0.4) is 0 Å². The standard InChI is InChI=1S/C17H16BrClFN5O5S/c1-25-8-22-16-13(25)7-10(17(26)24-29-4-5-30-31(21,27)28)15(14(16)20)23-12-3-2-9(18)6-11(12)19/h2-3,6-8,23H,4-5H2,1H3,(H,24,26)(H2,21,27,28). The van der Waals surface area contributed by atoms with Crippen molar-refractivity contribution in [2.45, 2.75) is 0 Å². The van der Waals surface area contributed by atoms with Crippen LogP contribution in [0.25, 0.3) is 11.0 Å². The largest absolute Gasteiger partial charge is 0.351 e. The highest BCUT2D eigenvalue weighted by molar-refractivity contribution is 9.10. The maximum atomic E-state index is 15.3. The molecule has 0 radical (unpaired) electrons. The number of carbonyl (C=O) groups excluding carboxylic acids is 1. The van der Waals surface area contributed by atoms with E-state index < -0.39 is 28.6 Å². The molecule has 0 spiro atoms. The molecule has 3 aromatic rings. The van der Waals surface area contributed by atoms with Gasteiger partial charge in [-0.2, -0.15) is 8.42 Å². The Kier molecular flexibility index (Phi) is 7.13. The number of halogens is 3. The molecule has 2 aromatic carbocycles. The zero-order valence-corrected chi connectivity index (χ0v) is 19.0. The van der Waals surface area contributed by atoms with Crippen LogP contribution in [0.4, 0.5) is 15.8 Å². The first kappa shape index (κ1) is 23.4. The molecule has 0 saturated carbocycles. The maximum Gasteiger partial charge on any atom is 0.333 e. The summed E-state index contributed by atoms with van der Waals surface area (Å²) in [5, 5.41) is 7.81. The summed E-state index contributed by atoms with van der Waals surface area (Å²) in [4.78, 5) is 21.6. The summed E-state index contributed by atoms with van der Waals surface area (Å²) in [6.45, 7) is -0.742. The number of amides is 1. The number of hydroxylamine groups is 1. The molecular formula is C17H16BrClFN5O5S. The number of fused-ring (bicyclic) bond motifs is 1. The van der Waals surface area contributed by atoms with Crippen molar-refractivity contribution in [2.75, 3.05) is 18.5 Å². The van der Waals surface area contributed by atoms with Gasteiger partial charge in [0.2, 0.25) is 0 Å². The fourth-order valence-electron chi connectivity index (χ4n) is 2.61. The molecule has 1 amide bonds. The minimum absolute atomic E-state index is 0.0530. The third-order valence-electron chi connectivity index (χ3n) is 3.99. The fourth-order valence-corrected chi connectivity index (χ4v) is 3.64. The van der Waals surface area contributed by atoms with Crippen molar-refractivity contribution in [1.29, 1.82) is 0 Å². The van der Waals surface area contributed by atoms with Crippen LogP contribution in [0.5, 0.6) is 0 Å². The molecule has 0 bridgehead atoms. The van der Waals surface area contributed by atoms with Gasteiger partial charge in [0.05, 0.1) is 47.0 Å². The second-order valence-corrected chi connectivity index (χ2v) is 8.72. The Morgan fingerprint density at radius 3 is 2.77 bits per heavy atom. The summed E-state index contributed by atoms with van der Waals surface area (Å²) >= 11 is 9.50. The Morgan fingerprint density at radius 2 is 2.10 bits per heavy atom. The first-order valence-corrected chi connectivity index (χ1v) is 11.2. The first-order valence-electron chi connectivity index (χ1n) is 8.51. The van der Waals surface area contributed by atoms with E-state index in [0.717, 1.165) is 4.47 Å². The van der Waals surface area contributed by atoms with Gasteiger partial charge in [0.15, 0.2) is 5.82 Å². The van der Waals surface area contributed by atoms with E-state index >= 15 is 4.39 Å². The maximum absolute atomic E-state index is 15.3. The lowest BCUT2D eigenvalue weighted by Crippen LogP contribution is -2.27. The number of anilines is 2. The molecule has 1 heterocycles. The zero-order valence-electron chi connectivity index (χ0n) is 15.9. The number of rotatable bonds is 8. The predicted molar refractivity (Wildman–Crippen MR) is 116 cm³/mol. The Bertz CT molecular complexity index is 1250. The lowest BCUT2D eigenvalue weighted by atomic mass is 10.1. The number of aryl methyl sites for hydroxylation is 1. The molecule has 0 unspecified atom stereocenters. The van der Waals surface area contributed by atoms with E-state index in [1.54, 1.807) is 29.8 Å². The van der Waals surface area contributed by atoms with E-state index in [2.05, 4.69) is 35.9 Å². The zero-order chi connectivity index (χ0) is 22.8. The van der Waals surface area contributed by atoms with Crippen molar-refractivity contribution >= 4 is 66.2 Å². The molecule has 1 aromatic heterocycles. The molecular weight excluding hydrogens is 521 g/mol. The lowest BCUT2D eigenvalue weighted by Gasteiger charge is -2.15. The number of carbonyl (C=O) groups is 1. The molecule has 3 rings (SSSR count). The number of benzene rings is 2. The monoisotopic (exact) mass is 535 g/mol. The highest BCUT2D eigenvalue weighted by atomic mass is 79.9. The molecule has 14 heteroatoms. The Labute approximate surface area is 189 Å². The summed E-state index contributed by atoms with van der Waals surface area (Å²) in [6.07, 6.45) is 1.41. The van der Waals surface area contributed by atoms with Crippen LogP contribution in [0.1, 0.15) is 10.4 Å². The van der Waals surface area contributed by atoms with E-state index in [4.69, 9.17) is 21.6 Å². The molecule has 0 aliphatic rings. The number of nitrogens with one attached hydrogen (secondary N) is 2. The van der Waals surface area contributed by atoms with E-state index in [-0.39, 0.29) is 28.4 Å². The molecule has 10 nitrogen and oxygen atoms in total. The van der Waals surface area contributed by atoms with Gasteiger partial charge in [0.25, 0.3) is 5.91 Å². The van der Waals surface area contributed by atoms with Crippen LogP contribution < -0.4 is 15.9 Å². The van der Waals surface area contributed by atoms with E-state index in [1.165, 1.54) is 12.4 Å². The molecule has 0 aliphatic heterocycles. The van der Waals surface area contributed by atoms with Gasteiger partial charge in [-0.15, -0.1) is 0 Å². The fraction of sp³-hybridized carbons (Fsp3) is 0.176. The highest BCUT2D eigenvalue weighted by Crippen LogP contribution is 2.34. The Morgan fingerprint density at radius 1 is 1.35 bits per heavy atom. The quantitative estimate of drug-likeness (QED) is 0.297. The van der Waals surface area contributed by atoms with E-state index in [1.807, 2.05) is 0 Å². The number of nitrogens with zero attached hydrogens (tertiary/aromatic N) is 2. The summed E-state index contributed by atoms with van der Waals surface area (Å²) in [5.74, 6) is -1.56. The predicted octanol–water partition coefficient (Wildman–Crippen LogP) is 2.75. The van der Waals surface area contributed by atoms with Crippen molar-refractivity contribution in [3.63, 3.8) is 0 Å². The van der Waals surface area contributed by atoms with Crippen LogP contribution in [0.2, 0.25) is 5.02 Å². The van der Waals surface area contributed by atoms with Crippen molar-refractivity contribution in [2.24, 2.45) is 12.2 Å². The molecule has 0 fully saturated rings. The molecule has 166 valence electrons. The van der Waals surface area contributed by atoms with Crippen LogP contribution in [0.15, 0.2) is 35.1 Å². The number of nitrogens with two attached hydrogens (primary N) is 1. The summed E-state index contributed by atoms with van der Waals surface area (Å²) in [5.41, 5.74) is 2.62. The van der Waals surface area contributed by atoms with Gasteiger partial charge in [-0.1, -0.05) is 27.5 Å². The van der Waals surface area contributed by atoms with Gasteiger partial charge in [0.1, 0.15) is 5.52 Å². The molecule has 0 aliphatic carbocycles. The van der Waals surface area contributed by atoms with Crippen molar-refractivity contribution < 1.29 is 26.6 Å². The summed E-state index contributed by atoms with van der Waals surface area (Å²) in [7, 11) is -2.48. The normalized spacial score (nSPS) is 11.6. The number of imidazole rings is 1. The second kappa shape index (κ2) is 9.46. The van der Waals surface area contributed by atoms with Gasteiger partial charge >= 0.3 is 10.3 Å². The molecule has 31 heavy (non-hydrogen) atoms. The van der Waals surface area contributed by atoms with Gasteiger partial charge < -0.3 is 9.88 Å². The SMILES string of the molecule is Cn1cnc2c(F)c(Nc3ccc(Br)cc3Cl)c(C(=O)NOCCOS(N)(=O)=O)cc21. The molecule has 4 N–H and O–H groups in total. The third kappa shape index (κ3) is 5.70. The van der Waals surface area contributed by atoms with Gasteiger partial charge in [-0.25, -0.2) is 20.0 Å². The van der Waals surface area contributed by atoms with Gasteiger partial charge in [-0.05, 0) is 24.3 Å². The highest BCUT2D eigenvalue weighted by Gasteiger charge is 2.22. The van der Waals surface area contributed by atoms with Crippen LogP contribution in [0, 0.1) is 5.82 Å². The third-order valence-corrected chi connectivity index (χ3v) is 5.29.